The van der Waals surface area contributed by atoms with E-state index in [1.165, 1.54) is 0 Å². The summed E-state index contributed by atoms with van der Waals surface area (Å²) >= 11 is 6.30. The van der Waals surface area contributed by atoms with Crippen LogP contribution in [0, 0.1) is 5.41 Å². The normalized spacial score (nSPS) is 20.1. The van der Waals surface area contributed by atoms with Crippen molar-refractivity contribution in [3.05, 3.63) is 58.3 Å². The Kier molecular flexibility index (Phi) is 4.95. The second kappa shape index (κ2) is 7.30. The van der Waals surface area contributed by atoms with Gasteiger partial charge >= 0.3 is 0 Å². The summed E-state index contributed by atoms with van der Waals surface area (Å²) in [5.41, 5.74) is 4.13. The second-order valence-electron chi connectivity index (χ2n) is 8.36. The monoisotopic (exact) mass is 412 g/mol. The van der Waals surface area contributed by atoms with E-state index in [2.05, 4.69) is 24.5 Å². The fourth-order valence-electron chi connectivity index (χ4n) is 4.17. The number of halogens is 1. The van der Waals surface area contributed by atoms with Gasteiger partial charge in [-0.2, -0.15) is 0 Å². The Morgan fingerprint density at radius 3 is 2.66 bits per heavy atom. The van der Waals surface area contributed by atoms with Crippen LogP contribution in [0.2, 0.25) is 5.02 Å². The van der Waals surface area contributed by atoms with E-state index in [1.54, 1.807) is 12.1 Å². The Hall–Kier alpha value is -2.66. The van der Waals surface area contributed by atoms with E-state index < -0.39 is 6.04 Å². The molecule has 5 nitrogen and oxygen atoms in total. The number of nitrogens with one attached hydrogen (secondary N) is 2. The predicted octanol–water partition coefficient (Wildman–Crippen LogP) is 5.67. The third-order valence-electron chi connectivity index (χ3n) is 5.41. The highest BCUT2D eigenvalue weighted by Crippen LogP contribution is 2.47. The largest absolute Gasteiger partial charge is 0.503 e. The number of benzene rings is 2. The number of rotatable bonds is 3. The summed E-state index contributed by atoms with van der Waals surface area (Å²) in [4.78, 5) is 13.2. The van der Waals surface area contributed by atoms with E-state index in [0.717, 1.165) is 29.1 Å². The minimum absolute atomic E-state index is 0.0882. The van der Waals surface area contributed by atoms with Crippen molar-refractivity contribution in [2.75, 3.05) is 17.2 Å². The zero-order chi connectivity index (χ0) is 20.8. The quantitative estimate of drug-likeness (QED) is 0.606. The highest BCUT2D eigenvalue weighted by molar-refractivity contribution is 6.32. The molecule has 0 amide bonds. The maximum atomic E-state index is 13.2. The smallest absolute Gasteiger partial charge is 0.176 e. The summed E-state index contributed by atoms with van der Waals surface area (Å²) in [6.07, 6.45) is 1.25. The third kappa shape index (κ3) is 3.67. The van der Waals surface area contributed by atoms with Crippen molar-refractivity contribution in [3.63, 3.8) is 0 Å². The molecule has 152 valence electrons. The van der Waals surface area contributed by atoms with E-state index in [4.69, 9.17) is 16.3 Å². The summed E-state index contributed by atoms with van der Waals surface area (Å²) in [7, 11) is 0. The summed E-state index contributed by atoms with van der Waals surface area (Å²) in [5.74, 6) is 0.332. The van der Waals surface area contributed by atoms with E-state index in [9.17, 15) is 9.90 Å². The maximum absolute atomic E-state index is 13.2. The summed E-state index contributed by atoms with van der Waals surface area (Å²) < 4.78 is 5.57. The summed E-state index contributed by atoms with van der Waals surface area (Å²) in [6.45, 7) is 6.47. The van der Waals surface area contributed by atoms with E-state index >= 15 is 0 Å². The Bertz CT molecular complexity index is 1010. The predicted molar refractivity (Wildman–Crippen MR) is 116 cm³/mol. The molecule has 1 atom stereocenters. The van der Waals surface area contributed by atoms with Crippen molar-refractivity contribution in [1.82, 2.24) is 0 Å². The molecule has 0 spiro atoms. The lowest BCUT2D eigenvalue weighted by molar-refractivity contribution is -0.118. The molecule has 2 aromatic carbocycles. The number of anilines is 2. The molecule has 4 rings (SSSR count). The molecule has 1 aliphatic carbocycles. The number of fused-ring (bicyclic) bond motifs is 1. The van der Waals surface area contributed by atoms with Crippen LogP contribution in [0.1, 0.15) is 45.2 Å². The van der Waals surface area contributed by atoms with Crippen LogP contribution >= 0.6 is 11.6 Å². The van der Waals surface area contributed by atoms with Crippen molar-refractivity contribution in [2.24, 2.45) is 5.41 Å². The second-order valence-corrected chi connectivity index (χ2v) is 8.77. The molecule has 0 unspecified atom stereocenters. The number of allylic oxidation sites excluding steroid dienone is 1. The van der Waals surface area contributed by atoms with E-state index in [-0.39, 0.29) is 22.0 Å². The van der Waals surface area contributed by atoms with Gasteiger partial charge in [0.1, 0.15) is 0 Å². The van der Waals surface area contributed by atoms with Crippen molar-refractivity contribution in [2.45, 2.75) is 39.7 Å². The van der Waals surface area contributed by atoms with Gasteiger partial charge in [0.15, 0.2) is 17.3 Å². The minimum atomic E-state index is -0.401. The van der Waals surface area contributed by atoms with Gasteiger partial charge in [0, 0.05) is 17.7 Å². The fraction of sp³-hybridized carbons (Fsp3) is 0.348. The van der Waals surface area contributed by atoms with Gasteiger partial charge in [0.25, 0.3) is 0 Å². The van der Waals surface area contributed by atoms with Gasteiger partial charge in [0.2, 0.25) is 0 Å². The molecule has 0 radical (unpaired) electrons. The topological polar surface area (TPSA) is 70.6 Å². The number of Topliss-reactive ketones (excluding diaryl/α,β-unsaturated/α-hetero) is 1. The van der Waals surface area contributed by atoms with Crippen LogP contribution in [0.4, 0.5) is 11.4 Å². The van der Waals surface area contributed by atoms with Crippen LogP contribution in [-0.2, 0) is 4.79 Å². The lowest BCUT2D eigenvalue weighted by Gasteiger charge is -2.34. The molecular weight excluding hydrogens is 388 g/mol. The first-order valence-electron chi connectivity index (χ1n) is 9.83. The first-order valence-corrected chi connectivity index (χ1v) is 10.2. The van der Waals surface area contributed by atoms with Gasteiger partial charge in [-0.3, -0.25) is 4.79 Å². The Morgan fingerprint density at radius 2 is 1.93 bits per heavy atom. The van der Waals surface area contributed by atoms with Crippen LogP contribution in [0.25, 0.3) is 0 Å². The number of carbonyl (C=O) groups excluding carboxylic acids is 1. The van der Waals surface area contributed by atoms with Crippen LogP contribution in [-0.4, -0.2) is 17.5 Å². The van der Waals surface area contributed by atoms with Gasteiger partial charge < -0.3 is 20.5 Å². The number of phenolic OH excluding ortho intramolecular Hbond substituents is 1. The maximum Gasteiger partial charge on any atom is 0.176 e. The molecule has 1 heterocycles. The van der Waals surface area contributed by atoms with Crippen molar-refractivity contribution < 1.29 is 14.6 Å². The first kappa shape index (κ1) is 19.6. The first-order chi connectivity index (χ1) is 13.8. The average molecular weight is 413 g/mol. The van der Waals surface area contributed by atoms with Gasteiger partial charge in [-0.25, -0.2) is 0 Å². The lowest BCUT2D eigenvalue weighted by Crippen LogP contribution is -2.31. The van der Waals surface area contributed by atoms with Crippen molar-refractivity contribution in [1.29, 1.82) is 0 Å². The van der Waals surface area contributed by atoms with Gasteiger partial charge in [0.05, 0.1) is 29.0 Å². The molecule has 3 N–H and O–H groups in total. The van der Waals surface area contributed by atoms with E-state index in [0.29, 0.717) is 24.4 Å². The van der Waals surface area contributed by atoms with Gasteiger partial charge in [-0.05, 0) is 48.6 Å². The van der Waals surface area contributed by atoms with Crippen molar-refractivity contribution in [3.8, 4) is 11.5 Å². The molecule has 6 heteroatoms. The minimum Gasteiger partial charge on any atom is -0.503 e. The van der Waals surface area contributed by atoms with E-state index in [1.807, 2.05) is 31.2 Å². The van der Waals surface area contributed by atoms with Gasteiger partial charge in [-0.15, -0.1) is 0 Å². The SMILES string of the molecule is CCOc1cc([C@H]2Nc3ccccc3NC3=C2C(=O)CC(C)(C)C3)cc(Cl)c1O. The van der Waals surface area contributed by atoms with Crippen LogP contribution in [0.5, 0.6) is 11.5 Å². The molecule has 2 aliphatic rings. The highest BCUT2D eigenvalue weighted by Gasteiger charge is 2.39. The Balaban J connectivity index is 1.90. The average Bonchev–Trinajstić information content (AvgIpc) is 2.80. The lowest BCUT2D eigenvalue weighted by atomic mass is 9.73. The number of phenols is 1. The molecule has 0 saturated carbocycles. The number of hydrogen-bond acceptors (Lipinski definition) is 5. The number of hydrogen-bond donors (Lipinski definition) is 3. The molecule has 1 aliphatic heterocycles. The fourth-order valence-corrected chi connectivity index (χ4v) is 4.38. The number of para-hydroxylation sites is 2. The molecule has 0 fully saturated rings. The standard InChI is InChI=1S/C23H25ClN2O3/c1-4-29-19-10-13(9-14(24)22(19)28)21-20-17(11-23(2,3)12-18(20)27)25-15-7-5-6-8-16(15)26-21/h5-10,21,25-26,28H,4,11-12H2,1-3H3/t21-/m1/s1. The third-order valence-corrected chi connectivity index (χ3v) is 5.69. The van der Waals surface area contributed by atoms with Gasteiger partial charge in [-0.1, -0.05) is 37.6 Å². The Morgan fingerprint density at radius 1 is 1.21 bits per heavy atom. The van der Waals surface area contributed by atoms with Crippen molar-refractivity contribution >= 4 is 28.8 Å². The number of aromatic hydroxyl groups is 1. The van der Waals surface area contributed by atoms with Crippen LogP contribution < -0.4 is 15.4 Å². The number of ketones is 1. The molecule has 29 heavy (non-hydrogen) atoms. The number of ether oxygens (including phenoxy) is 1. The zero-order valence-electron chi connectivity index (χ0n) is 16.8. The highest BCUT2D eigenvalue weighted by atomic mass is 35.5. The molecule has 2 aromatic rings. The Labute approximate surface area is 175 Å². The summed E-state index contributed by atoms with van der Waals surface area (Å²) in [5, 5.41) is 17.5. The van der Waals surface area contributed by atoms with Crippen LogP contribution in [0.15, 0.2) is 47.7 Å². The molecule has 0 aromatic heterocycles. The van der Waals surface area contributed by atoms with Crippen LogP contribution in [0.3, 0.4) is 0 Å². The zero-order valence-corrected chi connectivity index (χ0v) is 17.6. The summed E-state index contributed by atoms with van der Waals surface area (Å²) in [6, 6.07) is 11.0. The molecule has 0 bridgehead atoms. The molecule has 0 saturated heterocycles. The number of carbonyl (C=O) groups is 1. The molecular formula is C23H25ClN2O3.